The Morgan fingerprint density at radius 1 is 1.22 bits per heavy atom. The van der Waals surface area contributed by atoms with Gasteiger partial charge in [0.25, 0.3) is 5.92 Å². The second kappa shape index (κ2) is 7.67. The first-order valence-corrected chi connectivity index (χ1v) is 6.88. The van der Waals surface area contributed by atoms with Crippen molar-refractivity contribution in [3.05, 3.63) is 0 Å². The Hall–Kier alpha value is -0.710. The second-order valence-corrected chi connectivity index (χ2v) is 5.06. The topological polar surface area (TPSA) is 41.1 Å². The molecule has 0 aromatic rings. The summed E-state index contributed by atoms with van der Waals surface area (Å²) in [5.74, 6) is -2.67. The molecule has 3 nitrogen and oxygen atoms in total. The smallest absolute Gasteiger partial charge is 0.263 e. The first-order valence-electron chi connectivity index (χ1n) is 6.88. The lowest BCUT2D eigenvalue weighted by Crippen LogP contribution is -2.46. The molecular formula is C13H24F2N2O. The van der Waals surface area contributed by atoms with Crippen LogP contribution in [0.1, 0.15) is 51.9 Å². The Labute approximate surface area is 108 Å². The van der Waals surface area contributed by atoms with Gasteiger partial charge in [-0.05, 0) is 25.8 Å². The van der Waals surface area contributed by atoms with Crippen molar-refractivity contribution in [3.8, 4) is 0 Å². The van der Waals surface area contributed by atoms with Crippen LogP contribution in [0, 0.1) is 0 Å². The number of amides is 1. The Bertz CT molecular complexity index is 259. The average Bonchev–Trinajstić information content (AvgIpc) is 2.27. The lowest BCUT2D eigenvalue weighted by molar-refractivity contribution is -0.118. The molecule has 0 saturated heterocycles. The van der Waals surface area contributed by atoms with E-state index in [9.17, 15) is 13.6 Å². The summed E-state index contributed by atoms with van der Waals surface area (Å²) in [6.07, 6.45) is 4.71. The summed E-state index contributed by atoms with van der Waals surface area (Å²) in [4.78, 5) is 10.6. The summed E-state index contributed by atoms with van der Waals surface area (Å²) in [5, 5.41) is 5.61. The first kappa shape index (κ1) is 15.3. The number of hydrogen-bond donors (Lipinski definition) is 2. The molecule has 5 heteroatoms. The Morgan fingerprint density at radius 3 is 2.67 bits per heavy atom. The van der Waals surface area contributed by atoms with Crippen LogP contribution in [0.4, 0.5) is 8.78 Å². The predicted molar refractivity (Wildman–Crippen MR) is 67.7 cm³/mol. The molecule has 0 bridgehead atoms. The SMILES string of the molecule is CC(=O)NCCCNC1CCCCCCC1(F)F. The molecule has 1 atom stereocenters. The lowest BCUT2D eigenvalue weighted by atomic mass is 9.93. The maximum Gasteiger partial charge on any atom is 0.263 e. The van der Waals surface area contributed by atoms with Crippen molar-refractivity contribution in [1.29, 1.82) is 0 Å². The predicted octanol–water partition coefficient (Wildman–Crippen LogP) is 2.46. The van der Waals surface area contributed by atoms with Crippen molar-refractivity contribution in [1.82, 2.24) is 10.6 Å². The maximum atomic E-state index is 13.8. The third-order valence-electron chi connectivity index (χ3n) is 3.38. The summed E-state index contributed by atoms with van der Waals surface area (Å²) in [6, 6.07) is -0.699. The summed E-state index contributed by atoms with van der Waals surface area (Å²) in [6.45, 7) is 2.53. The van der Waals surface area contributed by atoms with Gasteiger partial charge in [-0.15, -0.1) is 0 Å². The van der Waals surface area contributed by atoms with Gasteiger partial charge in [0.2, 0.25) is 5.91 Å². The molecule has 1 aliphatic carbocycles. The third-order valence-corrected chi connectivity index (χ3v) is 3.38. The molecule has 0 aliphatic heterocycles. The van der Waals surface area contributed by atoms with E-state index in [4.69, 9.17) is 0 Å². The van der Waals surface area contributed by atoms with Gasteiger partial charge in [0, 0.05) is 19.9 Å². The van der Waals surface area contributed by atoms with Crippen LogP contribution < -0.4 is 10.6 Å². The molecule has 0 aromatic carbocycles. The molecule has 0 aromatic heterocycles. The minimum absolute atomic E-state index is 0.00361. The highest BCUT2D eigenvalue weighted by Gasteiger charge is 2.38. The number of rotatable bonds is 5. The molecule has 1 fully saturated rings. The number of hydrogen-bond acceptors (Lipinski definition) is 2. The van der Waals surface area contributed by atoms with E-state index in [-0.39, 0.29) is 12.3 Å². The minimum Gasteiger partial charge on any atom is -0.356 e. The molecule has 106 valence electrons. The molecule has 1 saturated carbocycles. The van der Waals surface area contributed by atoms with E-state index in [0.29, 0.717) is 32.4 Å². The van der Waals surface area contributed by atoms with Crippen molar-refractivity contribution in [2.24, 2.45) is 0 Å². The van der Waals surface area contributed by atoms with E-state index in [1.807, 2.05) is 0 Å². The zero-order valence-electron chi connectivity index (χ0n) is 11.1. The van der Waals surface area contributed by atoms with Gasteiger partial charge < -0.3 is 10.6 Å². The highest BCUT2D eigenvalue weighted by atomic mass is 19.3. The van der Waals surface area contributed by atoms with E-state index in [1.165, 1.54) is 6.92 Å². The molecule has 0 radical (unpaired) electrons. The van der Waals surface area contributed by atoms with Gasteiger partial charge >= 0.3 is 0 Å². The van der Waals surface area contributed by atoms with Gasteiger partial charge in [-0.2, -0.15) is 0 Å². The highest BCUT2D eigenvalue weighted by molar-refractivity contribution is 5.72. The summed E-state index contributed by atoms with van der Waals surface area (Å²) in [5.41, 5.74) is 0. The lowest BCUT2D eigenvalue weighted by Gasteiger charge is -2.30. The van der Waals surface area contributed by atoms with Gasteiger partial charge in [-0.3, -0.25) is 4.79 Å². The number of carbonyl (C=O) groups is 1. The maximum absolute atomic E-state index is 13.8. The van der Waals surface area contributed by atoms with Crippen LogP contribution in [-0.4, -0.2) is 31.0 Å². The quantitative estimate of drug-likeness (QED) is 0.747. The molecule has 2 N–H and O–H groups in total. The zero-order valence-corrected chi connectivity index (χ0v) is 11.1. The second-order valence-electron chi connectivity index (χ2n) is 5.06. The number of alkyl halides is 2. The average molecular weight is 262 g/mol. The standard InChI is InChI=1S/C13H24F2N2O/c1-11(18)16-9-6-10-17-12-7-4-2-3-5-8-13(12,14)15/h12,17H,2-10H2,1H3,(H,16,18). The van der Waals surface area contributed by atoms with Crippen molar-refractivity contribution in [2.75, 3.05) is 13.1 Å². The van der Waals surface area contributed by atoms with Crippen LogP contribution in [0.5, 0.6) is 0 Å². The molecule has 1 unspecified atom stereocenters. The monoisotopic (exact) mass is 262 g/mol. The third kappa shape index (κ3) is 5.76. The fourth-order valence-corrected chi connectivity index (χ4v) is 2.33. The Morgan fingerprint density at radius 2 is 1.94 bits per heavy atom. The van der Waals surface area contributed by atoms with Gasteiger partial charge in [-0.1, -0.05) is 19.3 Å². The molecular weight excluding hydrogens is 238 g/mol. The Balaban J connectivity index is 2.26. The van der Waals surface area contributed by atoms with Crippen LogP contribution in [0.3, 0.4) is 0 Å². The fourth-order valence-electron chi connectivity index (χ4n) is 2.33. The van der Waals surface area contributed by atoms with Crippen LogP contribution in [-0.2, 0) is 4.79 Å². The van der Waals surface area contributed by atoms with Crippen LogP contribution in [0.15, 0.2) is 0 Å². The van der Waals surface area contributed by atoms with E-state index in [0.717, 1.165) is 19.3 Å². The van der Waals surface area contributed by atoms with Crippen LogP contribution in [0.2, 0.25) is 0 Å². The van der Waals surface area contributed by atoms with Crippen molar-refractivity contribution in [3.63, 3.8) is 0 Å². The van der Waals surface area contributed by atoms with E-state index >= 15 is 0 Å². The first-order chi connectivity index (χ1) is 8.52. The van der Waals surface area contributed by atoms with Crippen LogP contribution >= 0.6 is 0 Å². The molecule has 1 amide bonds. The summed E-state index contributed by atoms with van der Waals surface area (Å²) < 4.78 is 27.6. The largest absolute Gasteiger partial charge is 0.356 e. The van der Waals surface area contributed by atoms with E-state index < -0.39 is 12.0 Å². The molecule has 1 aliphatic rings. The number of nitrogens with one attached hydrogen (secondary N) is 2. The number of halogens is 2. The fraction of sp³-hybridized carbons (Fsp3) is 0.923. The van der Waals surface area contributed by atoms with Crippen LogP contribution in [0.25, 0.3) is 0 Å². The number of carbonyl (C=O) groups excluding carboxylic acids is 1. The van der Waals surface area contributed by atoms with Crippen molar-refractivity contribution in [2.45, 2.75) is 63.8 Å². The Kier molecular flexibility index (Phi) is 6.54. The summed E-state index contributed by atoms with van der Waals surface area (Å²) >= 11 is 0. The highest BCUT2D eigenvalue weighted by Crippen LogP contribution is 2.31. The normalized spacial score (nSPS) is 24.1. The van der Waals surface area contributed by atoms with E-state index in [1.54, 1.807) is 0 Å². The van der Waals surface area contributed by atoms with Gasteiger partial charge in [0.1, 0.15) is 0 Å². The molecule has 0 heterocycles. The van der Waals surface area contributed by atoms with E-state index in [2.05, 4.69) is 10.6 Å². The van der Waals surface area contributed by atoms with Gasteiger partial charge in [0.15, 0.2) is 0 Å². The molecule has 18 heavy (non-hydrogen) atoms. The van der Waals surface area contributed by atoms with Crippen molar-refractivity contribution >= 4 is 5.91 Å². The zero-order chi connectivity index (χ0) is 13.4. The van der Waals surface area contributed by atoms with Crippen molar-refractivity contribution < 1.29 is 13.6 Å². The van der Waals surface area contributed by atoms with Gasteiger partial charge in [-0.25, -0.2) is 8.78 Å². The minimum atomic E-state index is -2.59. The van der Waals surface area contributed by atoms with Gasteiger partial charge in [0.05, 0.1) is 6.04 Å². The molecule has 0 spiro atoms. The molecule has 1 rings (SSSR count). The summed E-state index contributed by atoms with van der Waals surface area (Å²) in [7, 11) is 0.